The Kier molecular flexibility index (Phi) is 3.29. The highest BCUT2D eigenvalue weighted by Crippen LogP contribution is 2.29. The number of aromatic nitrogens is 2. The summed E-state index contributed by atoms with van der Waals surface area (Å²) in [4.78, 5) is 4.23. The molecule has 0 aliphatic heterocycles. The molecule has 0 bridgehead atoms. The first-order valence-corrected chi connectivity index (χ1v) is 6.31. The molecule has 0 fully saturated rings. The molecule has 21 heavy (non-hydrogen) atoms. The maximum absolute atomic E-state index is 9.49. The number of nitrogens with zero attached hydrogens (tertiary/aromatic N) is 2. The van der Waals surface area contributed by atoms with E-state index in [1.54, 1.807) is 6.07 Å². The van der Waals surface area contributed by atoms with Crippen molar-refractivity contribution in [2.24, 2.45) is 5.73 Å². The van der Waals surface area contributed by atoms with Gasteiger partial charge in [0.05, 0.1) is 0 Å². The molecule has 2 aromatic carbocycles. The number of nitrogens with two attached hydrogens (primary N) is 1. The molecule has 4 N–H and O–H groups in total. The first-order chi connectivity index (χ1) is 10.1. The molecule has 0 amide bonds. The minimum absolute atomic E-state index is 0.205. The van der Waals surface area contributed by atoms with Crippen LogP contribution < -0.4 is 5.73 Å². The van der Waals surface area contributed by atoms with Crippen LogP contribution in [0.4, 0.5) is 0 Å². The second-order valence-electron chi connectivity index (χ2n) is 4.55. The van der Waals surface area contributed by atoms with Gasteiger partial charge >= 0.3 is 0 Å². The van der Waals surface area contributed by atoms with Gasteiger partial charge in [-0.15, -0.1) is 0 Å². The number of phenolic OH excluding ortho intramolecular Hbond substituents is 2. The molecular weight excluding hydrogens is 270 g/mol. The Balaban J connectivity index is 1.91. The highest BCUT2D eigenvalue weighted by atomic mass is 16.5. The van der Waals surface area contributed by atoms with E-state index in [9.17, 15) is 10.2 Å². The minimum atomic E-state index is -0.516. The molecule has 1 aromatic heterocycles. The van der Waals surface area contributed by atoms with Gasteiger partial charge in [-0.05, 0) is 23.8 Å². The van der Waals surface area contributed by atoms with E-state index in [1.165, 1.54) is 12.1 Å². The lowest BCUT2D eigenvalue weighted by molar-refractivity contribution is 0.367. The van der Waals surface area contributed by atoms with Crippen LogP contribution in [0.3, 0.4) is 0 Å². The van der Waals surface area contributed by atoms with Crippen molar-refractivity contribution < 1.29 is 14.7 Å². The topological polar surface area (TPSA) is 105 Å². The summed E-state index contributed by atoms with van der Waals surface area (Å²) in [6.45, 7) is 0. The quantitative estimate of drug-likeness (QED) is 0.636. The van der Waals surface area contributed by atoms with E-state index in [2.05, 4.69) is 10.1 Å². The molecular formula is C15H13N3O3. The average molecular weight is 283 g/mol. The van der Waals surface area contributed by atoms with Crippen molar-refractivity contribution in [3.8, 4) is 22.9 Å². The molecule has 1 atom stereocenters. The summed E-state index contributed by atoms with van der Waals surface area (Å²) in [6.07, 6.45) is 0. The molecule has 1 heterocycles. The Morgan fingerprint density at radius 2 is 1.76 bits per heavy atom. The van der Waals surface area contributed by atoms with Gasteiger partial charge in [0.2, 0.25) is 11.7 Å². The fourth-order valence-corrected chi connectivity index (χ4v) is 1.94. The Labute approximate surface area is 120 Å². The molecule has 0 radical (unpaired) electrons. The summed E-state index contributed by atoms with van der Waals surface area (Å²) in [7, 11) is 0. The number of rotatable bonds is 3. The van der Waals surface area contributed by atoms with Crippen LogP contribution >= 0.6 is 0 Å². The summed E-state index contributed by atoms with van der Waals surface area (Å²) in [5, 5.41) is 22.6. The van der Waals surface area contributed by atoms with Gasteiger partial charge in [-0.25, -0.2) is 0 Å². The van der Waals surface area contributed by atoms with Crippen molar-refractivity contribution >= 4 is 0 Å². The molecule has 3 rings (SSSR count). The van der Waals surface area contributed by atoms with E-state index < -0.39 is 6.04 Å². The van der Waals surface area contributed by atoms with Crippen LogP contribution in [0.5, 0.6) is 11.5 Å². The normalized spacial score (nSPS) is 12.2. The van der Waals surface area contributed by atoms with E-state index in [0.29, 0.717) is 11.4 Å². The number of hydrogen-bond acceptors (Lipinski definition) is 6. The summed E-state index contributed by atoms with van der Waals surface area (Å²) in [5.74, 6) is 0.130. The van der Waals surface area contributed by atoms with E-state index in [4.69, 9.17) is 10.3 Å². The van der Waals surface area contributed by atoms with Crippen molar-refractivity contribution in [2.45, 2.75) is 6.04 Å². The lowest BCUT2D eigenvalue weighted by Crippen LogP contribution is -2.11. The first kappa shape index (κ1) is 13.1. The monoisotopic (exact) mass is 283 g/mol. The maximum Gasteiger partial charge on any atom is 0.248 e. The summed E-state index contributed by atoms with van der Waals surface area (Å²) in [5.41, 5.74) is 7.47. The van der Waals surface area contributed by atoms with Gasteiger partial charge in [0.25, 0.3) is 0 Å². The van der Waals surface area contributed by atoms with Crippen molar-refractivity contribution in [1.82, 2.24) is 10.1 Å². The fraction of sp³-hybridized carbons (Fsp3) is 0.0667. The molecule has 0 saturated carbocycles. The van der Waals surface area contributed by atoms with Crippen LogP contribution in [0.25, 0.3) is 11.4 Å². The summed E-state index contributed by atoms with van der Waals surface area (Å²) in [6, 6.07) is 13.2. The SMILES string of the molecule is NC(c1ccccc1)c1nc(-c2ccc(O)c(O)c2)no1. The van der Waals surface area contributed by atoms with Gasteiger partial charge in [-0.3, -0.25) is 0 Å². The van der Waals surface area contributed by atoms with Crippen molar-refractivity contribution in [3.63, 3.8) is 0 Å². The zero-order valence-electron chi connectivity index (χ0n) is 11.0. The highest BCUT2D eigenvalue weighted by Gasteiger charge is 2.17. The van der Waals surface area contributed by atoms with Gasteiger partial charge in [0, 0.05) is 5.56 Å². The predicted molar refractivity (Wildman–Crippen MR) is 75.5 cm³/mol. The van der Waals surface area contributed by atoms with Gasteiger partial charge < -0.3 is 20.5 Å². The lowest BCUT2D eigenvalue weighted by Gasteiger charge is -2.05. The van der Waals surface area contributed by atoms with Gasteiger partial charge in [-0.1, -0.05) is 35.5 Å². The number of aromatic hydroxyl groups is 2. The molecule has 3 aromatic rings. The lowest BCUT2D eigenvalue weighted by atomic mass is 10.1. The minimum Gasteiger partial charge on any atom is -0.504 e. The molecule has 0 aliphatic carbocycles. The van der Waals surface area contributed by atoms with E-state index in [-0.39, 0.29) is 17.4 Å². The van der Waals surface area contributed by atoms with Crippen LogP contribution in [0, 0.1) is 0 Å². The van der Waals surface area contributed by atoms with Crippen molar-refractivity contribution in [2.75, 3.05) is 0 Å². The third-order valence-corrected chi connectivity index (χ3v) is 3.10. The van der Waals surface area contributed by atoms with E-state index >= 15 is 0 Å². The summed E-state index contributed by atoms with van der Waals surface area (Å²) >= 11 is 0. The second kappa shape index (κ2) is 5.26. The standard InChI is InChI=1S/C15H13N3O3/c16-13(9-4-2-1-3-5-9)15-17-14(18-21-15)10-6-7-11(19)12(20)8-10/h1-8,13,19-20H,16H2. The third-order valence-electron chi connectivity index (χ3n) is 3.10. The van der Waals surface area contributed by atoms with E-state index in [1.807, 2.05) is 30.3 Å². The Hall–Kier alpha value is -2.86. The molecule has 0 aliphatic rings. The summed E-state index contributed by atoms with van der Waals surface area (Å²) < 4.78 is 5.18. The molecule has 6 heteroatoms. The maximum atomic E-state index is 9.49. The Morgan fingerprint density at radius 1 is 1.00 bits per heavy atom. The number of benzene rings is 2. The van der Waals surface area contributed by atoms with Crippen molar-refractivity contribution in [1.29, 1.82) is 0 Å². The fourth-order valence-electron chi connectivity index (χ4n) is 1.94. The largest absolute Gasteiger partial charge is 0.504 e. The molecule has 6 nitrogen and oxygen atoms in total. The number of phenols is 2. The second-order valence-corrected chi connectivity index (χ2v) is 4.55. The molecule has 106 valence electrons. The van der Waals surface area contributed by atoms with Gasteiger partial charge in [-0.2, -0.15) is 4.98 Å². The zero-order chi connectivity index (χ0) is 14.8. The van der Waals surface area contributed by atoms with E-state index in [0.717, 1.165) is 5.56 Å². The Morgan fingerprint density at radius 3 is 2.48 bits per heavy atom. The zero-order valence-corrected chi connectivity index (χ0v) is 11.0. The van der Waals surface area contributed by atoms with Crippen LogP contribution in [-0.2, 0) is 0 Å². The number of hydrogen-bond donors (Lipinski definition) is 3. The average Bonchev–Trinajstić information content (AvgIpc) is 3.00. The van der Waals surface area contributed by atoms with Crippen LogP contribution in [0.15, 0.2) is 53.1 Å². The molecule has 1 unspecified atom stereocenters. The van der Waals surface area contributed by atoms with Gasteiger partial charge in [0.15, 0.2) is 11.5 Å². The third kappa shape index (κ3) is 2.56. The van der Waals surface area contributed by atoms with Gasteiger partial charge in [0.1, 0.15) is 6.04 Å². The van der Waals surface area contributed by atoms with Crippen molar-refractivity contribution in [3.05, 3.63) is 60.0 Å². The first-order valence-electron chi connectivity index (χ1n) is 6.31. The van der Waals surface area contributed by atoms with Crippen LogP contribution in [0.1, 0.15) is 17.5 Å². The smallest absolute Gasteiger partial charge is 0.248 e. The van der Waals surface area contributed by atoms with Crippen LogP contribution in [-0.4, -0.2) is 20.4 Å². The molecule has 0 saturated heterocycles. The van der Waals surface area contributed by atoms with Crippen LogP contribution in [0.2, 0.25) is 0 Å². The highest BCUT2D eigenvalue weighted by molar-refractivity contribution is 5.60. The predicted octanol–water partition coefficient (Wildman–Crippen LogP) is 2.20. The molecule has 0 spiro atoms. The Bertz CT molecular complexity index is 756.